The minimum Gasteiger partial charge on any atom is -0.497 e. The van der Waals surface area contributed by atoms with Gasteiger partial charge in [-0.15, -0.1) is 10.2 Å². The van der Waals surface area contributed by atoms with Crippen LogP contribution in [-0.2, 0) is 11.3 Å². The molecule has 10 heteroatoms. The maximum absolute atomic E-state index is 12.6. The highest BCUT2D eigenvalue weighted by Crippen LogP contribution is 2.22. The Hall–Kier alpha value is -3.37. The van der Waals surface area contributed by atoms with Crippen molar-refractivity contribution >= 4 is 29.3 Å². The molecule has 3 aromatic rings. The molecule has 174 valence electrons. The number of ether oxygens (including phenoxy) is 1. The molecule has 2 aromatic carbocycles. The summed E-state index contributed by atoms with van der Waals surface area (Å²) in [6.07, 6.45) is 0. The lowest BCUT2D eigenvalue weighted by Crippen LogP contribution is -2.32. The number of aryl methyl sites for hydroxylation is 1. The molecule has 1 atom stereocenters. The summed E-state index contributed by atoms with van der Waals surface area (Å²) >= 11 is 1.24. The Morgan fingerprint density at radius 2 is 1.82 bits per heavy atom. The van der Waals surface area contributed by atoms with Crippen LogP contribution < -0.4 is 15.4 Å². The number of hydrogen-bond donors (Lipinski definition) is 3. The fraction of sp³-hybridized carbons (Fsp3) is 0.304. The minimum absolute atomic E-state index is 0.147. The topological polar surface area (TPSA) is 118 Å². The number of nitrogens with one attached hydrogen (secondary N) is 2. The van der Waals surface area contributed by atoms with Gasteiger partial charge in [-0.05, 0) is 50.2 Å². The molecule has 0 radical (unpaired) electrons. The van der Waals surface area contributed by atoms with Crippen molar-refractivity contribution in [2.75, 3.05) is 24.8 Å². The van der Waals surface area contributed by atoms with Gasteiger partial charge in [-0.2, -0.15) is 0 Å². The highest BCUT2D eigenvalue weighted by Gasteiger charge is 2.23. The fourth-order valence-corrected chi connectivity index (χ4v) is 3.91. The standard InChI is InChI=1S/C23H27N5O4S/c1-4-28-21(19(13-29)25-22(31)16-7-11-18(32-3)12-8-16)26-27-23(28)33-14-20(30)24-17-9-5-15(2)6-10-17/h5-12,19,29H,4,13-14H2,1-3H3,(H,24,30)(H,25,31)/t19-/m1/s1. The van der Waals surface area contributed by atoms with Crippen molar-refractivity contribution in [1.82, 2.24) is 20.1 Å². The number of thioether (sulfide) groups is 1. The Labute approximate surface area is 196 Å². The summed E-state index contributed by atoms with van der Waals surface area (Å²) in [6, 6.07) is 13.5. The molecule has 0 saturated carbocycles. The van der Waals surface area contributed by atoms with Crippen LogP contribution in [-0.4, -0.2) is 51.2 Å². The van der Waals surface area contributed by atoms with Crippen LogP contribution in [0.4, 0.5) is 5.69 Å². The van der Waals surface area contributed by atoms with Crippen LogP contribution in [0, 0.1) is 6.92 Å². The zero-order chi connectivity index (χ0) is 23.8. The first-order valence-corrected chi connectivity index (χ1v) is 11.4. The number of carbonyl (C=O) groups excluding carboxylic acids is 2. The van der Waals surface area contributed by atoms with E-state index in [0.29, 0.717) is 28.8 Å². The largest absolute Gasteiger partial charge is 0.497 e. The number of aromatic nitrogens is 3. The van der Waals surface area contributed by atoms with Crippen LogP contribution in [0.3, 0.4) is 0 Å². The molecule has 0 aliphatic rings. The van der Waals surface area contributed by atoms with E-state index in [1.807, 2.05) is 38.1 Å². The van der Waals surface area contributed by atoms with Gasteiger partial charge in [0.15, 0.2) is 11.0 Å². The molecule has 1 aromatic heterocycles. The van der Waals surface area contributed by atoms with E-state index in [4.69, 9.17) is 4.74 Å². The average Bonchev–Trinajstić information content (AvgIpc) is 3.25. The van der Waals surface area contributed by atoms with Crippen molar-refractivity contribution in [3.8, 4) is 5.75 Å². The highest BCUT2D eigenvalue weighted by molar-refractivity contribution is 7.99. The summed E-state index contributed by atoms with van der Waals surface area (Å²) in [6.45, 7) is 4.05. The van der Waals surface area contributed by atoms with Gasteiger partial charge in [-0.25, -0.2) is 0 Å². The Bertz CT molecular complexity index is 1080. The highest BCUT2D eigenvalue weighted by atomic mass is 32.2. The summed E-state index contributed by atoms with van der Waals surface area (Å²) in [5, 5.41) is 24.4. The second-order valence-corrected chi connectivity index (χ2v) is 8.17. The van der Waals surface area contributed by atoms with E-state index >= 15 is 0 Å². The third kappa shape index (κ3) is 6.33. The maximum atomic E-state index is 12.6. The lowest BCUT2D eigenvalue weighted by atomic mass is 10.2. The SMILES string of the molecule is CCn1c(SCC(=O)Nc2ccc(C)cc2)nnc1[C@@H](CO)NC(=O)c1ccc(OC)cc1. The molecule has 2 amide bonds. The number of aliphatic hydroxyl groups excluding tert-OH is 1. The van der Waals surface area contributed by atoms with Crippen LogP contribution in [0.5, 0.6) is 5.75 Å². The third-order valence-electron chi connectivity index (χ3n) is 4.88. The van der Waals surface area contributed by atoms with Crippen molar-refractivity contribution in [2.24, 2.45) is 0 Å². The van der Waals surface area contributed by atoms with Crippen molar-refractivity contribution in [3.63, 3.8) is 0 Å². The molecule has 0 spiro atoms. The van der Waals surface area contributed by atoms with Gasteiger partial charge in [-0.1, -0.05) is 29.5 Å². The smallest absolute Gasteiger partial charge is 0.251 e. The number of methoxy groups -OCH3 is 1. The average molecular weight is 470 g/mol. The van der Waals surface area contributed by atoms with E-state index in [0.717, 1.165) is 11.3 Å². The van der Waals surface area contributed by atoms with E-state index in [2.05, 4.69) is 20.8 Å². The quantitative estimate of drug-likeness (QED) is 0.391. The molecule has 1 heterocycles. The Balaban J connectivity index is 1.65. The summed E-state index contributed by atoms with van der Waals surface area (Å²) < 4.78 is 6.88. The van der Waals surface area contributed by atoms with Gasteiger partial charge in [0.1, 0.15) is 11.8 Å². The van der Waals surface area contributed by atoms with E-state index in [1.165, 1.54) is 11.8 Å². The number of nitrogens with zero attached hydrogens (tertiary/aromatic N) is 3. The second-order valence-electron chi connectivity index (χ2n) is 7.23. The number of benzene rings is 2. The Morgan fingerprint density at radius 3 is 2.42 bits per heavy atom. The fourth-order valence-electron chi connectivity index (χ4n) is 3.10. The predicted molar refractivity (Wildman–Crippen MR) is 127 cm³/mol. The monoisotopic (exact) mass is 469 g/mol. The molecule has 0 aliphatic carbocycles. The summed E-state index contributed by atoms with van der Waals surface area (Å²) in [5.41, 5.74) is 2.27. The second kappa shape index (κ2) is 11.5. The first kappa shape index (κ1) is 24.3. The summed E-state index contributed by atoms with van der Waals surface area (Å²) in [4.78, 5) is 24.9. The van der Waals surface area contributed by atoms with E-state index in [9.17, 15) is 14.7 Å². The van der Waals surface area contributed by atoms with Crippen LogP contribution >= 0.6 is 11.8 Å². The number of rotatable bonds is 10. The summed E-state index contributed by atoms with van der Waals surface area (Å²) in [7, 11) is 1.55. The van der Waals surface area contributed by atoms with Gasteiger partial charge in [-0.3, -0.25) is 9.59 Å². The molecule has 0 aliphatic heterocycles. The van der Waals surface area contributed by atoms with Gasteiger partial charge in [0.25, 0.3) is 5.91 Å². The van der Waals surface area contributed by atoms with Crippen molar-refractivity contribution < 1.29 is 19.4 Å². The molecule has 0 bridgehead atoms. The van der Waals surface area contributed by atoms with Crippen LogP contribution in [0.15, 0.2) is 53.7 Å². The van der Waals surface area contributed by atoms with Crippen molar-refractivity contribution in [3.05, 3.63) is 65.5 Å². The molecule has 9 nitrogen and oxygen atoms in total. The Kier molecular flexibility index (Phi) is 8.45. The van der Waals surface area contributed by atoms with Gasteiger partial charge < -0.3 is 25.0 Å². The van der Waals surface area contributed by atoms with E-state index in [-0.39, 0.29) is 24.2 Å². The molecular formula is C23H27N5O4S. The van der Waals surface area contributed by atoms with Crippen LogP contribution in [0.1, 0.15) is 34.7 Å². The van der Waals surface area contributed by atoms with E-state index in [1.54, 1.807) is 35.9 Å². The molecule has 33 heavy (non-hydrogen) atoms. The minimum atomic E-state index is -0.747. The number of hydrogen-bond acceptors (Lipinski definition) is 7. The van der Waals surface area contributed by atoms with Crippen molar-refractivity contribution in [1.29, 1.82) is 0 Å². The van der Waals surface area contributed by atoms with Crippen molar-refractivity contribution in [2.45, 2.75) is 31.6 Å². The van der Waals surface area contributed by atoms with Gasteiger partial charge in [0.2, 0.25) is 5.91 Å². The van der Waals surface area contributed by atoms with Crippen LogP contribution in [0.25, 0.3) is 0 Å². The van der Waals surface area contributed by atoms with Crippen LogP contribution in [0.2, 0.25) is 0 Å². The zero-order valence-electron chi connectivity index (χ0n) is 18.7. The first-order valence-electron chi connectivity index (χ1n) is 10.4. The summed E-state index contributed by atoms with van der Waals surface area (Å²) in [5.74, 6) is 0.692. The molecule has 3 rings (SSSR count). The van der Waals surface area contributed by atoms with Gasteiger partial charge >= 0.3 is 0 Å². The molecule has 0 saturated heterocycles. The Morgan fingerprint density at radius 1 is 1.12 bits per heavy atom. The molecule has 0 fully saturated rings. The first-order chi connectivity index (χ1) is 15.9. The lowest BCUT2D eigenvalue weighted by Gasteiger charge is -2.17. The predicted octanol–water partition coefficient (Wildman–Crippen LogP) is 2.81. The number of amides is 2. The van der Waals surface area contributed by atoms with Gasteiger partial charge in [0.05, 0.1) is 19.5 Å². The molecular weight excluding hydrogens is 442 g/mol. The third-order valence-corrected chi connectivity index (χ3v) is 5.85. The van der Waals surface area contributed by atoms with Gasteiger partial charge in [0, 0.05) is 17.8 Å². The lowest BCUT2D eigenvalue weighted by molar-refractivity contribution is -0.113. The zero-order valence-corrected chi connectivity index (χ0v) is 19.6. The normalized spacial score (nSPS) is 11.6. The number of anilines is 1. The van der Waals surface area contributed by atoms with E-state index < -0.39 is 6.04 Å². The molecule has 0 unspecified atom stereocenters. The number of carbonyl (C=O) groups is 2. The molecule has 3 N–H and O–H groups in total. The number of aliphatic hydroxyl groups is 1. The maximum Gasteiger partial charge on any atom is 0.251 e.